The topological polar surface area (TPSA) is 38.3 Å². The Kier molecular flexibility index (Phi) is 6.32. The SMILES string of the molecule is COCCC(C)(C)CNC(=O)c1ccc(CCl)cc1. The van der Waals surface area contributed by atoms with Gasteiger partial charge in [-0.2, -0.15) is 0 Å². The predicted molar refractivity (Wildman–Crippen MR) is 78.6 cm³/mol. The minimum absolute atomic E-state index is 0.0295. The van der Waals surface area contributed by atoms with Crippen LogP contribution in [0.15, 0.2) is 24.3 Å². The molecule has 0 aromatic heterocycles. The van der Waals surface area contributed by atoms with Gasteiger partial charge in [0.15, 0.2) is 0 Å². The van der Waals surface area contributed by atoms with Crippen LogP contribution in [-0.2, 0) is 10.6 Å². The summed E-state index contributed by atoms with van der Waals surface area (Å²) in [6.07, 6.45) is 0.912. The highest BCUT2D eigenvalue weighted by atomic mass is 35.5. The Hall–Kier alpha value is -1.06. The van der Waals surface area contributed by atoms with Gasteiger partial charge in [-0.25, -0.2) is 0 Å². The molecule has 0 bridgehead atoms. The number of hydrogen-bond acceptors (Lipinski definition) is 2. The number of benzene rings is 1. The molecule has 1 N–H and O–H groups in total. The van der Waals surface area contributed by atoms with E-state index in [1.807, 2.05) is 12.1 Å². The first kappa shape index (κ1) is 16.0. The first-order chi connectivity index (χ1) is 8.98. The van der Waals surface area contributed by atoms with Gasteiger partial charge in [-0.15, -0.1) is 11.6 Å². The molecule has 0 atom stereocenters. The molecule has 106 valence electrons. The molecular weight excluding hydrogens is 262 g/mol. The lowest BCUT2D eigenvalue weighted by Gasteiger charge is -2.24. The number of carbonyl (C=O) groups is 1. The minimum Gasteiger partial charge on any atom is -0.385 e. The van der Waals surface area contributed by atoms with Crippen molar-refractivity contribution in [2.45, 2.75) is 26.1 Å². The van der Waals surface area contributed by atoms with E-state index < -0.39 is 0 Å². The number of nitrogens with one attached hydrogen (secondary N) is 1. The van der Waals surface area contributed by atoms with Crippen molar-refractivity contribution in [1.82, 2.24) is 5.32 Å². The van der Waals surface area contributed by atoms with Gasteiger partial charge in [-0.05, 0) is 29.5 Å². The van der Waals surface area contributed by atoms with E-state index in [0.717, 1.165) is 12.0 Å². The summed E-state index contributed by atoms with van der Waals surface area (Å²) in [5.41, 5.74) is 1.71. The zero-order valence-corrected chi connectivity index (χ0v) is 12.6. The summed E-state index contributed by atoms with van der Waals surface area (Å²) in [6.45, 7) is 5.56. The average molecular weight is 284 g/mol. The summed E-state index contributed by atoms with van der Waals surface area (Å²) in [4.78, 5) is 12.0. The van der Waals surface area contributed by atoms with Crippen LogP contribution in [0.3, 0.4) is 0 Å². The Morgan fingerprint density at radius 2 is 1.95 bits per heavy atom. The lowest BCUT2D eigenvalue weighted by Crippen LogP contribution is -2.34. The summed E-state index contributed by atoms with van der Waals surface area (Å²) in [5.74, 6) is 0.415. The molecule has 0 aliphatic rings. The number of amides is 1. The van der Waals surface area contributed by atoms with Crippen LogP contribution in [-0.4, -0.2) is 26.2 Å². The molecule has 0 unspecified atom stereocenters. The van der Waals surface area contributed by atoms with Gasteiger partial charge in [0.1, 0.15) is 0 Å². The third-order valence-corrected chi connectivity index (χ3v) is 3.39. The molecule has 4 heteroatoms. The highest BCUT2D eigenvalue weighted by molar-refractivity contribution is 6.17. The fourth-order valence-electron chi connectivity index (χ4n) is 1.63. The van der Waals surface area contributed by atoms with Gasteiger partial charge in [0.25, 0.3) is 5.91 Å². The number of alkyl halides is 1. The molecule has 0 saturated heterocycles. The molecule has 1 rings (SSSR count). The molecule has 0 radical (unpaired) electrons. The van der Waals surface area contributed by atoms with E-state index in [1.165, 1.54) is 0 Å². The molecule has 1 amide bonds. The maximum atomic E-state index is 12.0. The van der Waals surface area contributed by atoms with E-state index in [-0.39, 0.29) is 11.3 Å². The summed E-state index contributed by atoms with van der Waals surface area (Å²) < 4.78 is 5.07. The largest absolute Gasteiger partial charge is 0.385 e. The van der Waals surface area contributed by atoms with E-state index in [1.54, 1.807) is 19.2 Å². The Labute approximate surface area is 120 Å². The van der Waals surface area contributed by atoms with Crippen LogP contribution in [0.1, 0.15) is 36.2 Å². The second-order valence-corrected chi connectivity index (χ2v) is 5.69. The van der Waals surface area contributed by atoms with Crippen LogP contribution >= 0.6 is 11.6 Å². The van der Waals surface area contributed by atoms with Crippen LogP contribution in [0.5, 0.6) is 0 Å². The van der Waals surface area contributed by atoms with Gasteiger partial charge in [0.05, 0.1) is 0 Å². The molecule has 1 aromatic rings. The van der Waals surface area contributed by atoms with Crippen LogP contribution < -0.4 is 5.32 Å². The Morgan fingerprint density at radius 1 is 1.32 bits per heavy atom. The Bertz CT molecular complexity index is 401. The summed E-state index contributed by atoms with van der Waals surface area (Å²) in [7, 11) is 1.69. The third-order valence-electron chi connectivity index (χ3n) is 3.08. The third kappa shape index (κ3) is 5.62. The van der Waals surface area contributed by atoms with Gasteiger partial charge in [0.2, 0.25) is 0 Å². The van der Waals surface area contributed by atoms with Gasteiger partial charge in [-0.1, -0.05) is 26.0 Å². The number of rotatable bonds is 7. The standard InChI is InChI=1S/C15H22ClNO2/c1-15(2,8-9-19-3)11-17-14(18)13-6-4-12(10-16)5-7-13/h4-7H,8-11H2,1-3H3,(H,17,18). The van der Waals surface area contributed by atoms with E-state index in [0.29, 0.717) is 24.6 Å². The maximum Gasteiger partial charge on any atom is 0.251 e. The Morgan fingerprint density at radius 3 is 2.47 bits per heavy atom. The average Bonchev–Trinajstić information content (AvgIpc) is 2.43. The smallest absolute Gasteiger partial charge is 0.251 e. The highest BCUT2D eigenvalue weighted by Gasteiger charge is 2.18. The fraction of sp³-hybridized carbons (Fsp3) is 0.533. The summed E-state index contributed by atoms with van der Waals surface area (Å²) in [6, 6.07) is 7.35. The van der Waals surface area contributed by atoms with E-state index in [4.69, 9.17) is 16.3 Å². The predicted octanol–water partition coefficient (Wildman–Crippen LogP) is 3.22. The zero-order chi connectivity index (χ0) is 14.3. The molecule has 3 nitrogen and oxygen atoms in total. The van der Waals surface area contributed by atoms with Crippen LogP contribution in [0, 0.1) is 5.41 Å². The molecule has 0 aliphatic carbocycles. The van der Waals surface area contributed by atoms with Crippen LogP contribution in [0.25, 0.3) is 0 Å². The number of carbonyl (C=O) groups excluding carboxylic acids is 1. The molecule has 0 fully saturated rings. The second-order valence-electron chi connectivity index (χ2n) is 5.42. The first-order valence-corrected chi connectivity index (χ1v) is 6.94. The van der Waals surface area contributed by atoms with E-state index in [2.05, 4.69) is 19.2 Å². The van der Waals surface area contributed by atoms with Gasteiger partial charge in [-0.3, -0.25) is 4.79 Å². The molecule has 0 spiro atoms. The number of halogens is 1. The molecule has 0 heterocycles. The monoisotopic (exact) mass is 283 g/mol. The van der Waals surface area contributed by atoms with Crippen molar-refractivity contribution in [2.24, 2.45) is 5.41 Å². The van der Waals surface area contributed by atoms with Gasteiger partial charge >= 0.3 is 0 Å². The van der Waals surface area contributed by atoms with Gasteiger partial charge < -0.3 is 10.1 Å². The number of hydrogen-bond donors (Lipinski definition) is 1. The minimum atomic E-state index is -0.0494. The van der Waals surface area contributed by atoms with Gasteiger partial charge in [0, 0.05) is 31.7 Å². The van der Waals surface area contributed by atoms with Crippen LogP contribution in [0.2, 0.25) is 0 Å². The summed E-state index contributed by atoms with van der Waals surface area (Å²) >= 11 is 5.72. The highest BCUT2D eigenvalue weighted by Crippen LogP contribution is 2.19. The van der Waals surface area contributed by atoms with Crippen molar-refractivity contribution in [3.8, 4) is 0 Å². The number of methoxy groups -OCH3 is 1. The quantitative estimate of drug-likeness (QED) is 0.780. The Balaban J connectivity index is 2.50. The fourth-order valence-corrected chi connectivity index (χ4v) is 1.81. The molecule has 19 heavy (non-hydrogen) atoms. The van der Waals surface area contributed by atoms with Crippen molar-refractivity contribution in [3.63, 3.8) is 0 Å². The van der Waals surface area contributed by atoms with Crippen molar-refractivity contribution in [3.05, 3.63) is 35.4 Å². The molecular formula is C15H22ClNO2. The lowest BCUT2D eigenvalue weighted by atomic mass is 9.89. The summed E-state index contributed by atoms with van der Waals surface area (Å²) in [5, 5.41) is 2.96. The van der Waals surface area contributed by atoms with E-state index in [9.17, 15) is 4.79 Å². The van der Waals surface area contributed by atoms with Crippen molar-refractivity contribution in [1.29, 1.82) is 0 Å². The zero-order valence-electron chi connectivity index (χ0n) is 11.8. The lowest BCUT2D eigenvalue weighted by molar-refractivity contribution is 0.0921. The normalized spacial score (nSPS) is 11.4. The van der Waals surface area contributed by atoms with Crippen LogP contribution in [0.4, 0.5) is 0 Å². The van der Waals surface area contributed by atoms with Crippen molar-refractivity contribution in [2.75, 3.05) is 20.3 Å². The maximum absolute atomic E-state index is 12.0. The first-order valence-electron chi connectivity index (χ1n) is 6.40. The molecule has 0 aliphatic heterocycles. The van der Waals surface area contributed by atoms with Crippen molar-refractivity contribution >= 4 is 17.5 Å². The van der Waals surface area contributed by atoms with Crippen molar-refractivity contribution < 1.29 is 9.53 Å². The molecule has 1 aromatic carbocycles. The number of ether oxygens (including phenoxy) is 1. The van der Waals surface area contributed by atoms with E-state index >= 15 is 0 Å². The molecule has 0 saturated carbocycles. The second kappa shape index (κ2) is 7.51.